The van der Waals surface area contributed by atoms with Crippen LogP contribution in [0.1, 0.15) is 24.8 Å². The van der Waals surface area contributed by atoms with Crippen molar-refractivity contribution in [1.29, 1.82) is 0 Å². The Morgan fingerprint density at radius 2 is 1.84 bits per heavy atom. The predicted molar refractivity (Wildman–Crippen MR) is 100 cm³/mol. The van der Waals surface area contributed by atoms with Crippen molar-refractivity contribution in [2.45, 2.75) is 36.8 Å². The maximum Gasteiger partial charge on any atom is 0.276 e. The van der Waals surface area contributed by atoms with Gasteiger partial charge in [-0.3, -0.25) is 0 Å². The fourth-order valence-electron chi connectivity index (χ4n) is 2.27. The number of hydrogen-bond donors (Lipinski definition) is 0. The van der Waals surface area contributed by atoms with E-state index in [9.17, 15) is 0 Å². The molecule has 0 fully saturated rings. The van der Waals surface area contributed by atoms with Crippen LogP contribution < -0.4 is 4.74 Å². The molecule has 4 nitrogen and oxygen atoms in total. The number of rotatable bonds is 8. The Morgan fingerprint density at radius 3 is 2.60 bits per heavy atom. The largest absolute Gasteiger partial charge is 0.484 e. The van der Waals surface area contributed by atoms with Crippen LogP contribution >= 0.6 is 23.4 Å². The second-order valence-corrected chi connectivity index (χ2v) is 7.48. The minimum atomic E-state index is 0.244. The maximum atomic E-state index is 5.85. The van der Waals surface area contributed by atoms with E-state index < -0.39 is 0 Å². The molecule has 1 atom stereocenters. The van der Waals surface area contributed by atoms with Gasteiger partial charge in [0.1, 0.15) is 5.75 Å². The molecule has 0 saturated carbocycles. The summed E-state index contributed by atoms with van der Waals surface area (Å²) >= 11 is 7.44. The van der Waals surface area contributed by atoms with Crippen molar-refractivity contribution in [1.82, 2.24) is 10.2 Å². The number of benzene rings is 2. The Hall–Kier alpha value is -1.98. The zero-order valence-electron chi connectivity index (χ0n) is 13.9. The third-order valence-corrected chi connectivity index (χ3v) is 4.87. The number of thioether (sulfide) groups is 1. The van der Waals surface area contributed by atoms with E-state index in [0.717, 1.165) is 12.8 Å². The van der Waals surface area contributed by atoms with Crippen molar-refractivity contribution in [3.8, 4) is 5.75 Å². The summed E-state index contributed by atoms with van der Waals surface area (Å²) in [4.78, 5) is 0. The first-order valence-corrected chi connectivity index (χ1v) is 9.36. The molecule has 0 spiro atoms. The average molecular weight is 375 g/mol. The van der Waals surface area contributed by atoms with Gasteiger partial charge in [0, 0.05) is 10.3 Å². The van der Waals surface area contributed by atoms with E-state index in [0.29, 0.717) is 27.1 Å². The molecule has 25 heavy (non-hydrogen) atoms. The Labute approximate surface area is 156 Å². The third-order valence-electron chi connectivity index (χ3n) is 3.61. The zero-order valence-corrected chi connectivity index (χ0v) is 15.5. The van der Waals surface area contributed by atoms with E-state index in [4.69, 9.17) is 20.8 Å². The minimum absolute atomic E-state index is 0.244. The van der Waals surface area contributed by atoms with Gasteiger partial charge in [-0.05, 0) is 42.7 Å². The third kappa shape index (κ3) is 5.80. The number of halogens is 1. The van der Waals surface area contributed by atoms with Crippen molar-refractivity contribution in [2.24, 2.45) is 0 Å². The van der Waals surface area contributed by atoms with Gasteiger partial charge in [0.25, 0.3) is 11.1 Å². The highest BCUT2D eigenvalue weighted by atomic mass is 35.5. The molecular formula is C19H19ClN2O2S. The monoisotopic (exact) mass is 374 g/mol. The van der Waals surface area contributed by atoms with Gasteiger partial charge in [-0.2, -0.15) is 0 Å². The van der Waals surface area contributed by atoms with Gasteiger partial charge in [0.15, 0.2) is 6.61 Å². The summed E-state index contributed by atoms with van der Waals surface area (Å²) in [6.07, 6.45) is 2.09. The maximum absolute atomic E-state index is 5.85. The summed E-state index contributed by atoms with van der Waals surface area (Å²) in [7, 11) is 0. The SMILES string of the molecule is CC(CCc1ccccc1)Sc1nnc(COc2ccc(Cl)cc2)o1. The molecule has 0 bridgehead atoms. The van der Waals surface area contributed by atoms with E-state index in [1.54, 1.807) is 36.0 Å². The van der Waals surface area contributed by atoms with Crippen molar-refractivity contribution in [3.05, 3.63) is 71.1 Å². The molecule has 0 amide bonds. The first-order chi connectivity index (χ1) is 12.2. The fraction of sp³-hybridized carbons (Fsp3) is 0.263. The molecule has 0 saturated heterocycles. The van der Waals surface area contributed by atoms with Gasteiger partial charge in [0.2, 0.25) is 0 Å². The van der Waals surface area contributed by atoms with E-state index in [1.807, 2.05) is 6.07 Å². The molecule has 0 N–H and O–H groups in total. The summed E-state index contributed by atoms with van der Waals surface area (Å²) in [5.74, 6) is 1.18. The molecule has 130 valence electrons. The van der Waals surface area contributed by atoms with Gasteiger partial charge < -0.3 is 9.15 Å². The lowest BCUT2D eigenvalue weighted by atomic mass is 10.1. The van der Waals surface area contributed by atoms with E-state index in [1.165, 1.54) is 5.56 Å². The number of hydrogen-bond acceptors (Lipinski definition) is 5. The van der Waals surface area contributed by atoms with Crippen LogP contribution in [0.3, 0.4) is 0 Å². The molecule has 2 aromatic carbocycles. The highest BCUT2D eigenvalue weighted by molar-refractivity contribution is 7.99. The molecule has 1 heterocycles. The standard InChI is InChI=1S/C19H19ClN2O2S/c1-14(7-8-15-5-3-2-4-6-15)25-19-22-21-18(24-19)13-23-17-11-9-16(20)10-12-17/h2-6,9-12,14H,7-8,13H2,1H3. The topological polar surface area (TPSA) is 48.2 Å². The first kappa shape index (κ1) is 17.8. The highest BCUT2D eigenvalue weighted by Crippen LogP contribution is 2.25. The van der Waals surface area contributed by atoms with Crippen LogP contribution in [0.15, 0.2) is 64.2 Å². The van der Waals surface area contributed by atoms with Crippen LogP contribution in [0.25, 0.3) is 0 Å². The summed E-state index contributed by atoms with van der Waals surface area (Å²) in [6.45, 7) is 2.41. The lowest BCUT2D eigenvalue weighted by Crippen LogP contribution is -1.98. The number of ether oxygens (including phenoxy) is 1. The molecular weight excluding hydrogens is 356 g/mol. The quantitative estimate of drug-likeness (QED) is 0.493. The molecule has 3 aromatic rings. The van der Waals surface area contributed by atoms with Crippen molar-refractivity contribution in [3.63, 3.8) is 0 Å². The van der Waals surface area contributed by atoms with Crippen molar-refractivity contribution in [2.75, 3.05) is 0 Å². The van der Waals surface area contributed by atoms with Gasteiger partial charge in [-0.15, -0.1) is 10.2 Å². The molecule has 6 heteroatoms. The molecule has 1 unspecified atom stereocenters. The molecule has 3 rings (SSSR count). The van der Waals surface area contributed by atoms with Gasteiger partial charge in [-0.1, -0.05) is 60.6 Å². The zero-order chi connectivity index (χ0) is 17.5. The number of nitrogens with zero attached hydrogens (tertiary/aromatic N) is 2. The van der Waals surface area contributed by atoms with Crippen LogP contribution in [0, 0.1) is 0 Å². The lowest BCUT2D eigenvalue weighted by molar-refractivity contribution is 0.252. The van der Waals surface area contributed by atoms with Crippen molar-refractivity contribution < 1.29 is 9.15 Å². The Morgan fingerprint density at radius 1 is 1.08 bits per heavy atom. The van der Waals surface area contributed by atoms with Gasteiger partial charge in [-0.25, -0.2) is 0 Å². The number of aryl methyl sites for hydroxylation is 1. The molecule has 0 aliphatic rings. The summed E-state index contributed by atoms with van der Waals surface area (Å²) in [5.41, 5.74) is 1.34. The predicted octanol–water partition coefficient (Wildman–Crippen LogP) is 5.42. The van der Waals surface area contributed by atoms with Gasteiger partial charge >= 0.3 is 0 Å². The van der Waals surface area contributed by atoms with Gasteiger partial charge in [0.05, 0.1) is 0 Å². The molecule has 0 radical (unpaired) electrons. The van der Waals surface area contributed by atoms with Crippen LogP contribution in [-0.2, 0) is 13.0 Å². The van der Waals surface area contributed by atoms with Crippen LogP contribution in [-0.4, -0.2) is 15.4 Å². The molecule has 1 aromatic heterocycles. The average Bonchev–Trinajstić information content (AvgIpc) is 3.08. The van der Waals surface area contributed by atoms with E-state index in [2.05, 4.69) is 41.4 Å². The second-order valence-electron chi connectivity index (χ2n) is 5.66. The summed E-state index contributed by atoms with van der Waals surface area (Å²) in [6, 6.07) is 17.6. The summed E-state index contributed by atoms with van der Waals surface area (Å²) < 4.78 is 11.2. The Kier molecular flexibility index (Phi) is 6.36. The summed E-state index contributed by atoms with van der Waals surface area (Å²) in [5, 5.41) is 9.76. The fourth-order valence-corrected chi connectivity index (χ4v) is 3.20. The smallest absolute Gasteiger partial charge is 0.276 e. The minimum Gasteiger partial charge on any atom is -0.484 e. The molecule has 0 aliphatic carbocycles. The van der Waals surface area contributed by atoms with Crippen molar-refractivity contribution >= 4 is 23.4 Å². The van der Waals surface area contributed by atoms with Crippen LogP contribution in [0.4, 0.5) is 0 Å². The second kappa shape index (κ2) is 8.92. The Bertz CT molecular complexity index is 778. The van der Waals surface area contributed by atoms with E-state index in [-0.39, 0.29) is 6.61 Å². The molecule has 0 aliphatic heterocycles. The number of aromatic nitrogens is 2. The first-order valence-electron chi connectivity index (χ1n) is 8.10. The Balaban J connectivity index is 1.45. The highest BCUT2D eigenvalue weighted by Gasteiger charge is 2.12. The normalized spacial score (nSPS) is 12.1. The van der Waals surface area contributed by atoms with Crippen LogP contribution in [0.2, 0.25) is 5.02 Å². The van der Waals surface area contributed by atoms with E-state index >= 15 is 0 Å². The lowest BCUT2D eigenvalue weighted by Gasteiger charge is -2.08. The van der Waals surface area contributed by atoms with Crippen LogP contribution in [0.5, 0.6) is 5.75 Å².